The number of carbonyl (C=O) groups is 2. The first-order valence-electron chi connectivity index (χ1n) is 12.5. The zero-order valence-corrected chi connectivity index (χ0v) is 19.5. The van der Waals surface area contributed by atoms with Crippen molar-refractivity contribution in [2.24, 2.45) is 11.8 Å². The maximum atomic E-state index is 13.1. The van der Waals surface area contributed by atoms with Gasteiger partial charge in [0.05, 0.1) is 17.4 Å². The minimum Gasteiger partial charge on any atom is -0.316 e. The Bertz CT molecular complexity index is 800. The van der Waals surface area contributed by atoms with Crippen LogP contribution in [0, 0.1) is 11.8 Å². The topological polar surface area (TPSA) is 52.7 Å². The Morgan fingerprint density at radius 2 is 1.94 bits per heavy atom. The number of hydrogen-bond donors (Lipinski definition) is 1. The van der Waals surface area contributed by atoms with Crippen molar-refractivity contribution >= 4 is 23.2 Å². The van der Waals surface area contributed by atoms with E-state index < -0.39 is 0 Å². The van der Waals surface area contributed by atoms with Crippen LogP contribution in [0.4, 0.5) is 11.4 Å². The Labute approximate surface area is 187 Å². The second kappa shape index (κ2) is 9.72. The highest BCUT2D eigenvalue weighted by Crippen LogP contribution is 2.41. The number of rotatable bonds is 9. The largest absolute Gasteiger partial charge is 0.316 e. The van der Waals surface area contributed by atoms with Crippen LogP contribution in [-0.2, 0) is 9.59 Å². The highest BCUT2D eigenvalue weighted by atomic mass is 16.2. The summed E-state index contributed by atoms with van der Waals surface area (Å²) in [5.74, 6) is 1.82. The summed E-state index contributed by atoms with van der Waals surface area (Å²) in [7, 11) is 0. The summed E-state index contributed by atoms with van der Waals surface area (Å²) in [5.41, 5.74) is 3.10. The van der Waals surface area contributed by atoms with Gasteiger partial charge in [0.2, 0.25) is 11.8 Å². The van der Waals surface area contributed by atoms with E-state index in [-0.39, 0.29) is 23.8 Å². The number of amides is 2. The van der Waals surface area contributed by atoms with Crippen molar-refractivity contribution in [3.8, 4) is 0 Å². The van der Waals surface area contributed by atoms with Crippen LogP contribution >= 0.6 is 0 Å². The predicted molar refractivity (Wildman–Crippen MR) is 127 cm³/mol. The zero-order chi connectivity index (χ0) is 22.0. The molecule has 2 aliphatic carbocycles. The molecule has 1 aliphatic heterocycles. The summed E-state index contributed by atoms with van der Waals surface area (Å²) in [6, 6.07) is 6.45. The van der Waals surface area contributed by atoms with E-state index in [0.29, 0.717) is 12.5 Å². The Hall–Kier alpha value is -1.88. The minimum atomic E-state index is -0.00170. The van der Waals surface area contributed by atoms with Crippen LogP contribution in [0.1, 0.15) is 83.6 Å². The van der Waals surface area contributed by atoms with E-state index >= 15 is 0 Å². The van der Waals surface area contributed by atoms with E-state index in [4.69, 9.17) is 0 Å². The van der Waals surface area contributed by atoms with E-state index in [1.165, 1.54) is 31.2 Å². The summed E-state index contributed by atoms with van der Waals surface area (Å²) in [4.78, 5) is 29.3. The number of nitrogens with one attached hydrogen (secondary N) is 1. The molecule has 1 aromatic rings. The fraction of sp³-hybridized carbons (Fsp3) is 0.692. The van der Waals surface area contributed by atoms with Gasteiger partial charge in [0.15, 0.2) is 0 Å². The molecule has 1 heterocycles. The first-order chi connectivity index (χ1) is 15.0. The summed E-state index contributed by atoms with van der Waals surface area (Å²) in [6.45, 7) is 8.56. The lowest BCUT2D eigenvalue weighted by Gasteiger charge is -2.41. The number of benzene rings is 1. The molecule has 3 aliphatic rings. The van der Waals surface area contributed by atoms with Crippen LogP contribution < -0.4 is 15.1 Å². The molecule has 2 atom stereocenters. The molecule has 5 heteroatoms. The maximum Gasteiger partial charge on any atom is 0.230 e. The van der Waals surface area contributed by atoms with Crippen LogP contribution in [0.3, 0.4) is 0 Å². The van der Waals surface area contributed by atoms with Gasteiger partial charge in [-0.15, -0.1) is 0 Å². The molecule has 170 valence electrons. The van der Waals surface area contributed by atoms with Crippen molar-refractivity contribution < 1.29 is 9.59 Å². The quantitative estimate of drug-likeness (QED) is 0.576. The third-order valence-corrected chi connectivity index (χ3v) is 7.42. The Morgan fingerprint density at radius 3 is 2.55 bits per heavy atom. The molecule has 0 aromatic heterocycles. The van der Waals surface area contributed by atoms with E-state index in [9.17, 15) is 9.59 Å². The first kappa shape index (κ1) is 22.3. The number of nitrogens with zero attached hydrogens (tertiary/aromatic N) is 2. The van der Waals surface area contributed by atoms with Gasteiger partial charge in [-0.2, -0.15) is 0 Å². The van der Waals surface area contributed by atoms with Gasteiger partial charge < -0.3 is 15.1 Å². The van der Waals surface area contributed by atoms with Crippen LogP contribution in [0.2, 0.25) is 0 Å². The van der Waals surface area contributed by atoms with Crippen molar-refractivity contribution in [3.63, 3.8) is 0 Å². The summed E-state index contributed by atoms with van der Waals surface area (Å²) in [5, 5.41) is 3.70. The molecule has 2 saturated carbocycles. The predicted octanol–water partition coefficient (Wildman–Crippen LogP) is 4.85. The fourth-order valence-corrected chi connectivity index (χ4v) is 5.23. The molecule has 0 bridgehead atoms. The van der Waals surface area contributed by atoms with Crippen LogP contribution in [0.15, 0.2) is 18.2 Å². The average Bonchev–Trinajstić information content (AvgIpc) is 3.55. The number of anilines is 2. The van der Waals surface area contributed by atoms with Crippen molar-refractivity contribution in [1.29, 1.82) is 0 Å². The van der Waals surface area contributed by atoms with E-state index in [1.54, 1.807) is 6.92 Å². The normalized spacial score (nSPS) is 22.1. The highest BCUT2D eigenvalue weighted by Gasteiger charge is 2.39. The van der Waals surface area contributed by atoms with Crippen LogP contribution in [0.25, 0.3) is 0 Å². The van der Waals surface area contributed by atoms with E-state index in [1.807, 2.05) is 16.7 Å². The molecule has 2 amide bonds. The highest BCUT2D eigenvalue weighted by molar-refractivity contribution is 6.05. The smallest absolute Gasteiger partial charge is 0.230 e. The molecule has 1 N–H and O–H groups in total. The number of fused-ring (bicyclic) bond motifs is 1. The minimum absolute atomic E-state index is 0.00170. The lowest BCUT2D eigenvalue weighted by Crippen LogP contribution is -2.51. The number of carbonyl (C=O) groups excluding carboxylic acids is 2. The number of hydrogen-bond acceptors (Lipinski definition) is 3. The molecule has 0 spiro atoms. The molecule has 4 rings (SSSR count). The Morgan fingerprint density at radius 1 is 1.16 bits per heavy atom. The standard InChI is InChI=1S/C26H39N3O2/c1-4-6-23(16-27-14-13-20-7-5-8-20)22-11-12-24-25(15-22)28(26(31)21-9-10-21)17-18(2)29(24)19(3)30/h11-12,15,18,20-21,23,27H,4-10,13-14,16-17H2,1-3H3. The first-order valence-corrected chi connectivity index (χ1v) is 12.5. The molecule has 1 aromatic carbocycles. The molecule has 2 fully saturated rings. The lowest BCUT2D eigenvalue weighted by molar-refractivity contribution is -0.120. The van der Waals surface area contributed by atoms with Crippen molar-refractivity contribution in [1.82, 2.24) is 5.32 Å². The van der Waals surface area contributed by atoms with Crippen molar-refractivity contribution in [3.05, 3.63) is 23.8 Å². The van der Waals surface area contributed by atoms with Gasteiger partial charge >= 0.3 is 0 Å². The van der Waals surface area contributed by atoms with Gasteiger partial charge in [-0.25, -0.2) is 0 Å². The van der Waals surface area contributed by atoms with E-state index in [0.717, 1.165) is 56.1 Å². The van der Waals surface area contributed by atoms with Crippen LogP contribution in [0.5, 0.6) is 0 Å². The molecule has 5 nitrogen and oxygen atoms in total. The second-order valence-corrected chi connectivity index (χ2v) is 9.98. The maximum absolute atomic E-state index is 13.1. The van der Waals surface area contributed by atoms with Crippen LogP contribution in [-0.4, -0.2) is 37.5 Å². The molecule has 31 heavy (non-hydrogen) atoms. The Kier molecular flexibility index (Phi) is 7.00. The molecule has 2 unspecified atom stereocenters. The summed E-state index contributed by atoms with van der Waals surface area (Å²) < 4.78 is 0. The lowest BCUT2D eigenvalue weighted by atomic mass is 9.83. The molecular formula is C26H39N3O2. The van der Waals surface area contributed by atoms with Gasteiger partial charge in [-0.3, -0.25) is 9.59 Å². The summed E-state index contributed by atoms with van der Waals surface area (Å²) >= 11 is 0. The van der Waals surface area contributed by atoms with Gasteiger partial charge in [-0.05, 0) is 68.7 Å². The van der Waals surface area contributed by atoms with E-state index in [2.05, 4.69) is 30.4 Å². The SMILES string of the molecule is CCCC(CNCCC1CCC1)c1ccc2c(c1)N(C(=O)C1CC1)CC(C)N2C(C)=O. The van der Waals surface area contributed by atoms with Gasteiger partial charge in [0.25, 0.3) is 0 Å². The molecular weight excluding hydrogens is 386 g/mol. The van der Waals surface area contributed by atoms with Gasteiger partial charge in [-0.1, -0.05) is 38.7 Å². The second-order valence-electron chi connectivity index (χ2n) is 9.98. The van der Waals surface area contributed by atoms with Gasteiger partial charge in [0, 0.05) is 25.9 Å². The monoisotopic (exact) mass is 425 g/mol. The molecule has 0 saturated heterocycles. The zero-order valence-electron chi connectivity index (χ0n) is 19.5. The van der Waals surface area contributed by atoms with Crippen molar-refractivity contribution in [2.45, 2.75) is 84.1 Å². The third kappa shape index (κ3) is 4.97. The Balaban J connectivity index is 1.55. The van der Waals surface area contributed by atoms with Crippen molar-refractivity contribution in [2.75, 3.05) is 29.4 Å². The average molecular weight is 426 g/mol. The van der Waals surface area contributed by atoms with Gasteiger partial charge in [0.1, 0.15) is 0 Å². The third-order valence-electron chi connectivity index (χ3n) is 7.42. The molecule has 0 radical (unpaired) electrons. The fourth-order valence-electron chi connectivity index (χ4n) is 5.23. The summed E-state index contributed by atoms with van der Waals surface area (Å²) in [6.07, 6.45) is 9.76.